The van der Waals surface area contributed by atoms with Gasteiger partial charge in [0.2, 0.25) is 0 Å². The van der Waals surface area contributed by atoms with Gasteiger partial charge in [-0.1, -0.05) is 19.8 Å². The van der Waals surface area contributed by atoms with Gasteiger partial charge in [0.1, 0.15) is 23.5 Å². The molecule has 0 spiro atoms. The summed E-state index contributed by atoms with van der Waals surface area (Å²) in [5.74, 6) is 1.20. The van der Waals surface area contributed by atoms with Crippen molar-refractivity contribution in [2.45, 2.75) is 70.6 Å². The lowest BCUT2D eigenvalue weighted by atomic mass is 9.86. The fourth-order valence-corrected chi connectivity index (χ4v) is 5.81. The lowest BCUT2D eigenvalue weighted by Gasteiger charge is -2.34. The van der Waals surface area contributed by atoms with Gasteiger partial charge in [0, 0.05) is 36.4 Å². The number of ether oxygens (including phenoxy) is 1. The highest BCUT2D eigenvalue weighted by atomic mass is 19.1. The van der Waals surface area contributed by atoms with Crippen molar-refractivity contribution in [2.24, 2.45) is 5.92 Å². The maximum Gasteiger partial charge on any atom is 0.290 e. The second-order valence-electron chi connectivity index (χ2n) is 10.2. The highest BCUT2D eigenvalue weighted by molar-refractivity contribution is 5.86. The van der Waals surface area contributed by atoms with Gasteiger partial charge < -0.3 is 29.5 Å². The number of halogens is 1. The molecule has 1 saturated carbocycles. The summed E-state index contributed by atoms with van der Waals surface area (Å²) in [5.41, 5.74) is 4.99. The summed E-state index contributed by atoms with van der Waals surface area (Å²) in [5, 5.41) is 25.3. The first-order chi connectivity index (χ1) is 18.7. The van der Waals surface area contributed by atoms with E-state index in [4.69, 9.17) is 29.5 Å². The van der Waals surface area contributed by atoms with Crippen LogP contribution >= 0.6 is 0 Å². The van der Waals surface area contributed by atoms with Gasteiger partial charge in [-0.3, -0.25) is 9.59 Å². The SMILES string of the molecule is COc1cc(F)cc(C(O)c2nc3c4c(ccc3n2C2CCCC(C)C2)N(C)C(C)CC4)c1.O=CO.O=CO. The molecule has 9 nitrogen and oxygen atoms in total. The van der Waals surface area contributed by atoms with Gasteiger partial charge >= 0.3 is 0 Å². The van der Waals surface area contributed by atoms with Gasteiger partial charge in [0.05, 0.1) is 18.1 Å². The minimum atomic E-state index is -1.03. The number of anilines is 1. The van der Waals surface area contributed by atoms with Crippen molar-refractivity contribution in [3.8, 4) is 5.75 Å². The summed E-state index contributed by atoms with van der Waals surface area (Å²) < 4.78 is 21.8. The number of hydrogen-bond donors (Lipinski definition) is 3. The van der Waals surface area contributed by atoms with Gasteiger partial charge in [0.25, 0.3) is 12.9 Å². The zero-order valence-corrected chi connectivity index (χ0v) is 22.9. The summed E-state index contributed by atoms with van der Waals surface area (Å²) in [6.45, 7) is 4.05. The van der Waals surface area contributed by atoms with Crippen LogP contribution in [0.2, 0.25) is 0 Å². The Morgan fingerprint density at radius 2 is 1.79 bits per heavy atom. The number of hydrogen-bond acceptors (Lipinski definition) is 6. The predicted molar refractivity (Wildman–Crippen MR) is 147 cm³/mol. The molecule has 4 unspecified atom stereocenters. The molecule has 0 saturated heterocycles. The molecule has 4 atom stereocenters. The van der Waals surface area contributed by atoms with Crippen molar-refractivity contribution < 1.29 is 34.0 Å². The van der Waals surface area contributed by atoms with Crippen LogP contribution in [0.4, 0.5) is 10.1 Å². The molecule has 3 aromatic rings. The van der Waals surface area contributed by atoms with Gasteiger partial charge in [-0.15, -0.1) is 0 Å². The minimum Gasteiger partial charge on any atom is -0.497 e. The number of aromatic nitrogens is 2. The number of benzene rings is 2. The van der Waals surface area contributed by atoms with E-state index in [2.05, 4.69) is 42.5 Å². The Kier molecular flexibility index (Phi) is 10.3. The maximum atomic E-state index is 14.3. The molecule has 1 aliphatic carbocycles. The van der Waals surface area contributed by atoms with E-state index in [1.807, 2.05) is 0 Å². The Hall–Kier alpha value is -3.66. The van der Waals surface area contributed by atoms with E-state index in [-0.39, 0.29) is 19.0 Å². The number of aliphatic hydroxyl groups is 1. The fraction of sp³-hybridized carbons (Fsp3) is 0.483. The van der Waals surface area contributed by atoms with Crippen molar-refractivity contribution in [3.05, 3.63) is 53.1 Å². The van der Waals surface area contributed by atoms with Crippen molar-refractivity contribution in [2.75, 3.05) is 19.1 Å². The number of rotatable bonds is 4. The number of aryl methyl sites for hydroxylation is 1. The topological polar surface area (TPSA) is 125 Å². The molecule has 0 bridgehead atoms. The third-order valence-corrected chi connectivity index (χ3v) is 7.79. The minimum absolute atomic E-state index is 0.250. The number of carbonyl (C=O) groups is 2. The standard InChI is InChI=1S/C27H34FN3O2.2CH2O2/c1-16-6-5-7-20(12-16)31-24-11-10-23-22(9-8-17(2)30(23)3)25(24)29-27(31)26(32)18-13-19(28)15-21(14-18)33-4;2*2-1-3/h10-11,13-17,20,26,32H,5-9,12H2,1-4H3;2*1H,(H,2,3). The first-order valence-corrected chi connectivity index (χ1v) is 13.1. The molecule has 0 amide bonds. The summed E-state index contributed by atoms with van der Waals surface area (Å²) in [7, 11) is 3.65. The van der Waals surface area contributed by atoms with E-state index in [9.17, 15) is 9.50 Å². The highest BCUT2D eigenvalue weighted by Crippen LogP contribution is 2.41. The molecule has 39 heavy (non-hydrogen) atoms. The normalized spacial score (nSPS) is 21.0. The molecule has 5 rings (SSSR count). The van der Waals surface area contributed by atoms with Crippen LogP contribution in [0.1, 0.15) is 75.0 Å². The highest BCUT2D eigenvalue weighted by Gasteiger charge is 2.31. The largest absolute Gasteiger partial charge is 0.497 e. The molecule has 212 valence electrons. The van der Waals surface area contributed by atoms with Gasteiger partial charge in [-0.25, -0.2) is 9.37 Å². The first kappa shape index (κ1) is 29.9. The quantitative estimate of drug-likeness (QED) is 0.384. The Morgan fingerprint density at radius 3 is 2.44 bits per heavy atom. The number of methoxy groups -OCH3 is 1. The van der Waals surface area contributed by atoms with Crippen molar-refractivity contribution in [1.82, 2.24) is 9.55 Å². The number of carboxylic acid groups (broad SMARTS) is 2. The molecule has 1 fully saturated rings. The molecule has 2 aliphatic rings. The van der Waals surface area contributed by atoms with E-state index < -0.39 is 11.9 Å². The van der Waals surface area contributed by atoms with E-state index in [0.717, 1.165) is 36.7 Å². The second-order valence-corrected chi connectivity index (χ2v) is 10.2. The number of fused-ring (bicyclic) bond motifs is 3. The Labute approximate surface area is 227 Å². The van der Waals surface area contributed by atoms with Gasteiger partial charge in [0.15, 0.2) is 0 Å². The molecule has 3 N–H and O–H groups in total. The van der Waals surface area contributed by atoms with E-state index in [1.54, 1.807) is 6.07 Å². The first-order valence-electron chi connectivity index (χ1n) is 13.1. The summed E-state index contributed by atoms with van der Waals surface area (Å²) >= 11 is 0. The smallest absolute Gasteiger partial charge is 0.290 e. The average Bonchev–Trinajstić information content (AvgIpc) is 3.31. The molecular weight excluding hydrogens is 505 g/mol. The molecule has 10 heteroatoms. The average molecular weight is 544 g/mol. The Morgan fingerprint density at radius 1 is 1.10 bits per heavy atom. The molecule has 0 radical (unpaired) electrons. The van der Waals surface area contributed by atoms with Crippen LogP contribution in [-0.2, 0) is 16.0 Å². The molecule has 2 aromatic carbocycles. The fourth-order valence-electron chi connectivity index (χ4n) is 5.81. The third kappa shape index (κ3) is 6.50. The maximum absolute atomic E-state index is 14.3. The number of imidazole rings is 1. The van der Waals surface area contributed by atoms with Crippen LogP contribution in [0.3, 0.4) is 0 Å². The van der Waals surface area contributed by atoms with E-state index in [1.165, 1.54) is 43.3 Å². The summed E-state index contributed by atoms with van der Waals surface area (Å²) in [6.07, 6.45) is 5.55. The lowest BCUT2D eigenvalue weighted by molar-refractivity contribution is -0.123. The molecule has 2 heterocycles. The monoisotopic (exact) mass is 543 g/mol. The molecular formula is C29H38FN3O6. The van der Waals surface area contributed by atoms with Crippen LogP contribution in [0.5, 0.6) is 5.75 Å². The Bertz CT molecular complexity index is 1270. The predicted octanol–water partition coefficient (Wildman–Crippen LogP) is 5.19. The van der Waals surface area contributed by atoms with Crippen LogP contribution in [0, 0.1) is 11.7 Å². The van der Waals surface area contributed by atoms with Crippen LogP contribution in [0.25, 0.3) is 11.0 Å². The third-order valence-electron chi connectivity index (χ3n) is 7.79. The van der Waals surface area contributed by atoms with Crippen LogP contribution in [-0.4, -0.2) is 58.0 Å². The van der Waals surface area contributed by atoms with Crippen LogP contribution < -0.4 is 9.64 Å². The number of aliphatic hydroxyl groups excluding tert-OH is 1. The summed E-state index contributed by atoms with van der Waals surface area (Å²) in [6, 6.07) is 9.54. The zero-order valence-electron chi connectivity index (χ0n) is 22.9. The van der Waals surface area contributed by atoms with Gasteiger partial charge in [-0.05, 0) is 68.4 Å². The molecule has 1 aliphatic heterocycles. The van der Waals surface area contributed by atoms with Crippen molar-refractivity contribution in [3.63, 3.8) is 0 Å². The zero-order chi connectivity index (χ0) is 28.7. The molecule has 1 aromatic heterocycles. The lowest BCUT2D eigenvalue weighted by Crippen LogP contribution is -2.33. The van der Waals surface area contributed by atoms with E-state index in [0.29, 0.717) is 29.1 Å². The van der Waals surface area contributed by atoms with E-state index >= 15 is 0 Å². The second kappa shape index (κ2) is 13.4. The summed E-state index contributed by atoms with van der Waals surface area (Å²) in [4.78, 5) is 24.1. The number of nitrogens with zero attached hydrogens (tertiary/aromatic N) is 3. The van der Waals surface area contributed by atoms with Crippen molar-refractivity contribution >= 4 is 29.7 Å². The van der Waals surface area contributed by atoms with Crippen LogP contribution in [0.15, 0.2) is 30.3 Å². The van der Waals surface area contributed by atoms with Crippen molar-refractivity contribution in [1.29, 1.82) is 0 Å². The Balaban J connectivity index is 0.000000643. The van der Waals surface area contributed by atoms with Gasteiger partial charge in [-0.2, -0.15) is 0 Å².